The van der Waals surface area contributed by atoms with Crippen molar-refractivity contribution < 1.29 is 43.9 Å². The number of sulfonamides is 1. The van der Waals surface area contributed by atoms with Crippen LogP contribution in [0.4, 0.5) is 0 Å². The summed E-state index contributed by atoms with van der Waals surface area (Å²) < 4.78 is 24.2. The molecule has 0 saturated heterocycles. The van der Waals surface area contributed by atoms with E-state index in [9.17, 15) is 13.2 Å². The van der Waals surface area contributed by atoms with Gasteiger partial charge in [-0.25, -0.2) is 13.1 Å². The second-order valence-electron chi connectivity index (χ2n) is 4.91. The number of carbonyl (C=O) groups excluding carboxylic acids is 1. The molecule has 24 heavy (non-hydrogen) atoms. The van der Waals surface area contributed by atoms with Crippen LogP contribution in [-0.4, -0.2) is 82.6 Å². The van der Waals surface area contributed by atoms with E-state index < -0.39 is 53.6 Å². The first-order valence-corrected chi connectivity index (χ1v) is 8.24. The van der Waals surface area contributed by atoms with E-state index in [4.69, 9.17) is 30.6 Å². The first kappa shape index (κ1) is 20.4. The van der Waals surface area contributed by atoms with Crippen molar-refractivity contribution >= 4 is 15.9 Å². The Morgan fingerprint density at radius 3 is 1.79 bits per heavy atom. The molecule has 4 atom stereocenters. The zero-order valence-electron chi connectivity index (χ0n) is 12.3. The number of rotatable bonds is 5. The molecule has 1 aliphatic heterocycles. The molecule has 10 nitrogen and oxygen atoms in total. The Labute approximate surface area is 137 Å². The lowest BCUT2D eigenvalue weighted by molar-refractivity contribution is -0.123. The van der Waals surface area contributed by atoms with Crippen LogP contribution in [0.5, 0.6) is 0 Å². The molecule has 2 rings (SSSR count). The molecule has 0 aliphatic carbocycles. The van der Waals surface area contributed by atoms with Crippen LogP contribution in [0.2, 0.25) is 0 Å². The van der Waals surface area contributed by atoms with Gasteiger partial charge in [-0.3, -0.25) is 4.79 Å². The standard InChI is InChI=1S/C7H5NO3S.C6H14O6/c9-7-5-3-1-2-4-6(5)12(10,11)8-7;7-1-3(9)5(11)6(12)4(10)2-8/h1-4H,(H,8,9);3-12H,1-2H2/t;3-,4-,5-,6-/m.1/s1. The van der Waals surface area contributed by atoms with Crippen molar-refractivity contribution in [1.82, 2.24) is 4.72 Å². The van der Waals surface area contributed by atoms with Crippen molar-refractivity contribution in [3.05, 3.63) is 29.8 Å². The number of aliphatic hydroxyl groups is 6. The van der Waals surface area contributed by atoms with Gasteiger partial charge in [0.2, 0.25) is 0 Å². The Balaban J connectivity index is 0.000000240. The number of carbonyl (C=O) groups is 1. The van der Waals surface area contributed by atoms with Gasteiger partial charge in [0, 0.05) is 0 Å². The Morgan fingerprint density at radius 1 is 0.917 bits per heavy atom. The molecule has 136 valence electrons. The van der Waals surface area contributed by atoms with E-state index in [-0.39, 0.29) is 10.5 Å². The highest BCUT2D eigenvalue weighted by atomic mass is 32.2. The molecule has 1 heterocycles. The lowest BCUT2D eigenvalue weighted by atomic mass is 10.0. The minimum Gasteiger partial charge on any atom is -0.394 e. The molecule has 0 spiro atoms. The van der Waals surface area contributed by atoms with Gasteiger partial charge < -0.3 is 30.6 Å². The third kappa shape index (κ3) is 4.70. The number of hydrogen-bond acceptors (Lipinski definition) is 9. The average molecular weight is 365 g/mol. The Hall–Kier alpha value is -1.60. The molecular formula is C13H19NO9S. The number of nitrogens with one attached hydrogen (secondary N) is 1. The quantitative estimate of drug-likeness (QED) is 0.278. The van der Waals surface area contributed by atoms with Crippen molar-refractivity contribution in [2.24, 2.45) is 0 Å². The summed E-state index contributed by atoms with van der Waals surface area (Å²) in [5.41, 5.74) is 0.220. The van der Waals surface area contributed by atoms with Crippen molar-refractivity contribution in [1.29, 1.82) is 0 Å². The van der Waals surface area contributed by atoms with E-state index in [0.29, 0.717) is 0 Å². The average Bonchev–Trinajstić information content (AvgIpc) is 2.82. The largest absolute Gasteiger partial charge is 0.394 e. The van der Waals surface area contributed by atoms with Crippen LogP contribution in [-0.2, 0) is 10.0 Å². The molecular weight excluding hydrogens is 346 g/mol. The van der Waals surface area contributed by atoms with Gasteiger partial charge in [0.15, 0.2) is 0 Å². The maximum absolute atomic E-state index is 11.1. The van der Waals surface area contributed by atoms with Crippen molar-refractivity contribution in [3.8, 4) is 0 Å². The van der Waals surface area contributed by atoms with E-state index in [0.717, 1.165) is 0 Å². The van der Waals surface area contributed by atoms with Crippen LogP contribution in [0.3, 0.4) is 0 Å². The molecule has 0 bridgehead atoms. The third-order valence-corrected chi connectivity index (χ3v) is 4.55. The number of hydrogen-bond donors (Lipinski definition) is 7. The molecule has 1 amide bonds. The molecule has 7 N–H and O–H groups in total. The summed E-state index contributed by atoms with van der Waals surface area (Å²) in [5.74, 6) is -0.550. The van der Waals surface area contributed by atoms with Crippen LogP contribution in [0.25, 0.3) is 0 Å². The Morgan fingerprint density at radius 2 is 1.38 bits per heavy atom. The first-order chi connectivity index (χ1) is 11.2. The summed E-state index contributed by atoms with van der Waals surface area (Å²) in [7, 11) is -3.55. The van der Waals surface area contributed by atoms with Gasteiger partial charge in [0.05, 0.1) is 18.8 Å². The van der Waals surface area contributed by atoms with Gasteiger partial charge in [-0.05, 0) is 12.1 Å². The molecule has 1 aromatic rings. The van der Waals surface area contributed by atoms with Crippen molar-refractivity contribution in [3.63, 3.8) is 0 Å². The highest BCUT2D eigenvalue weighted by Gasteiger charge is 2.31. The predicted molar refractivity (Wildman–Crippen MR) is 79.3 cm³/mol. The molecule has 0 aromatic heterocycles. The summed E-state index contributed by atoms with van der Waals surface area (Å²) in [6, 6.07) is 6.09. The van der Waals surface area contributed by atoms with Gasteiger partial charge in [-0.2, -0.15) is 0 Å². The van der Waals surface area contributed by atoms with Gasteiger partial charge >= 0.3 is 0 Å². The lowest BCUT2D eigenvalue weighted by Gasteiger charge is -2.24. The van der Waals surface area contributed by atoms with E-state index in [1.807, 2.05) is 4.72 Å². The summed E-state index contributed by atoms with van der Waals surface area (Å²) in [5, 5.41) is 52.2. The molecule has 0 unspecified atom stereocenters. The van der Waals surface area contributed by atoms with E-state index in [2.05, 4.69) is 0 Å². The van der Waals surface area contributed by atoms with Crippen molar-refractivity contribution in [2.75, 3.05) is 13.2 Å². The molecule has 0 fully saturated rings. The molecule has 1 aromatic carbocycles. The van der Waals surface area contributed by atoms with Gasteiger partial charge in [0.1, 0.15) is 29.3 Å². The smallest absolute Gasteiger partial charge is 0.266 e. The summed E-state index contributed by atoms with van der Waals surface area (Å²) in [4.78, 5) is 11.1. The van der Waals surface area contributed by atoms with E-state index in [1.54, 1.807) is 12.1 Å². The minimum atomic E-state index is -3.55. The molecule has 0 saturated carbocycles. The second-order valence-corrected chi connectivity index (χ2v) is 6.56. The molecule has 0 radical (unpaired) electrons. The topological polar surface area (TPSA) is 185 Å². The third-order valence-electron chi connectivity index (χ3n) is 3.16. The number of fused-ring (bicyclic) bond motifs is 1. The fourth-order valence-electron chi connectivity index (χ4n) is 1.79. The maximum Gasteiger partial charge on any atom is 0.266 e. The monoisotopic (exact) mass is 365 g/mol. The number of benzene rings is 1. The highest BCUT2D eigenvalue weighted by Crippen LogP contribution is 2.20. The molecule has 1 aliphatic rings. The fourth-order valence-corrected chi connectivity index (χ4v) is 2.96. The summed E-state index contributed by atoms with van der Waals surface area (Å²) >= 11 is 0. The molecule has 11 heteroatoms. The predicted octanol–water partition coefficient (Wildman–Crippen LogP) is -3.47. The number of amides is 1. The van der Waals surface area contributed by atoms with Crippen LogP contribution in [0, 0.1) is 0 Å². The Bertz CT molecular complexity index is 649. The lowest BCUT2D eigenvalue weighted by Crippen LogP contribution is -2.46. The maximum atomic E-state index is 11.1. The van der Waals surface area contributed by atoms with Crippen molar-refractivity contribution in [2.45, 2.75) is 29.3 Å². The van der Waals surface area contributed by atoms with Crippen LogP contribution in [0.15, 0.2) is 29.2 Å². The van der Waals surface area contributed by atoms with Gasteiger partial charge in [0.25, 0.3) is 15.9 Å². The Kier molecular flexibility index (Phi) is 7.23. The summed E-state index contributed by atoms with van der Waals surface area (Å²) in [6.07, 6.45) is -6.39. The minimum absolute atomic E-state index is 0.0648. The normalized spacial score (nSPS) is 20.0. The summed E-state index contributed by atoms with van der Waals surface area (Å²) in [6.45, 7) is -1.45. The highest BCUT2D eigenvalue weighted by molar-refractivity contribution is 7.90. The fraction of sp³-hybridized carbons (Fsp3) is 0.462. The van der Waals surface area contributed by atoms with E-state index in [1.165, 1.54) is 12.1 Å². The first-order valence-electron chi connectivity index (χ1n) is 6.75. The van der Waals surface area contributed by atoms with Crippen LogP contribution in [0.1, 0.15) is 10.4 Å². The van der Waals surface area contributed by atoms with E-state index >= 15 is 0 Å². The SMILES string of the molecule is O=C1NS(=O)(=O)c2ccccc21.OC[C@@H](O)[C@@H](O)[C@H](O)[C@H](O)CO. The van der Waals surface area contributed by atoms with Crippen LogP contribution < -0.4 is 4.72 Å². The number of aliphatic hydroxyl groups excluding tert-OH is 6. The zero-order valence-corrected chi connectivity index (χ0v) is 13.2. The van der Waals surface area contributed by atoms with Gasteiger partial charge in [-0.15, -0.1) is 0 Å². The van der Waals surface area contributed by atoms with Crippen LogP contribution >= 0.6 is 0 Å². The zero-order chi connectivity index (χ0) is 18.5. The van der Waals surface area contributed by atoms with Gasteiger partial charge in [-0.1, -0.05) is 12.1 Å². The second kappa shape index (κ2) is 8.48.